The second kappa shape index (κ2) is 9.56. The maximum Gasteiger partial charge on any atom is 0.258 e. The van der Waals surface area contributed by atoms with E-state index in [1.54, 1.807) is 24.1 Å². The summed E-state index contributed by atoms with van der Waals surface area (Å²) < 4.78 is 5.20. The van der Waals surface area contributed by atoms with E-state index >= 15 is 0 Å². The monoisotopic (exact) mass is 371 g/mol. The minimum Gasteiger partial charge on any atom is -0.497 e. The zero-order valence-corrected chi connectivity index (χ0v) is 16.3. The van der Waals surface area contributed by atoms with Crippen molar-refractivity contribution >= 4 is 17.7 Å². The summed E-state index contributed by atoms with van der Waals surface area (Å²) in [5.74, 6) is 0.698. The van der Waals surface area contributed by atoms with Crippen LogP contribution in [0.1, 0.15) is 28.4 Å². The number of amides is 1. The molecular weight excluding hydrogens is 346 g/mol. The van der Waals surface area contributed by atoms with Crippen LogP contribution in [0.5, 0.6) is 5.75 Å². The molecule has 28 heavy (non-hydrogen) atoms. The third-order valence-electron chi connectivity index (χ3n) is 4.64. The largest absolute Gasteiger partial charge is 0.497 e. The van der Waals surface area contributed by atoms with Crippen LogP contribution in [-0.4, -0.2) is 19.6 Å². The van der Waals surface area contributed by atoms with Crippen LogP contribution in [0.15, 0.2) is 84.9 Å². The first-order chi connectivity index (χ1) is 13.7. The molecule has 3 nitrogen and oxygen atoms in total. The lowest BCUT2D eigenvalue weighted by Gasteiger charge is -2.22. The molecule has 0 atom stereocenters. The Kier molecular flexibility index (Phi) is 6.64. The first-order valence-electron chi connectivity index (χ1n) is 9.47. The first-order valence-corrected chi connectivity index (χ1v) is 9.47. The van der Waals surface area contributed by atoms with Crippen LogP contribution in [-0.2, 0) is 6.42 Å². The second-order valence-corrected chi connectivity index (χ2v) is 6.48. The quantitative estimate of drug-likeness (QED) is 0.540. The van der Waals surface area contributed by atoms with Crippen LogP contribution in [0.4, 0.5) is 5.69 Å². The van der Waals surface area contributed by atoms with Crippen LogP contribution < -0.4 is 9.64 Å². The van der Waals surface area contributed by atoms with Gasteiger partial charge in [-0.05, 0) is 53.9 Å². The minimum atomic E-state index is -0.0374. The number of carbonyl (C=O) groups is 1. The molecule has 3 aromatic rings. The van der Waals surface area contributed by atoms with Gasteiger partial charge in [0.05, 0.1) is 7.11 Å². The van der Waals surface area contributed by atoms with Gasteiger partial charge in [0.15, 0.2) is 0 Å². The van der Waals surface area contributed by atoms with Gasteiger partial charge in [-0.1, -0.05) is 61.5 Å². The first kappa shape index (κ1) is 19.4. The Morgan fingerprint density at radius 1 is 0.929 bits per heavy atom. The van der Waals surface area contributed by atoms with Crippen molar-refractivity contribution in [2.24, 2.45) is 0 Å². The third kappa shape index (κ3) is 4.89. The third-order valence-corrected chi connectivity index (χ3v) is 4.64. The molecule has 0 unspecified atom stereocenters. The molecule has 0 fully saturated rings. The number of carbonyl (C=O) groups excluding carboxylic acids is 1. The number of hydrogen-bond acceptors (Lipinski definition) is 2. The van der Waals surface area contributed by atoms with Gasteiger partial charge in [-0.3, -0.25) is 4.79 Å². The molecule has 142 valence electrons. The maximum atomic E-state index is 13.2. The van der Waals surface area contributed by atoms with E-state index in [2.05, 4.69) is 19.1 Å². The molecule has 0 saturated heterocycles. The maximum absolute atomic E-state index is 13.2. The topological polar surface area (TPSA) is 29.5 Å². The van der Waals surface area contributed by atoms with Gasteiger partial charge in [0.2, 0.25) is 0 Å². The van der Waals surface area contributed by atoms with Crippen molar-refractivity contribution in [2.45, 2.75) is 13.3 Å². The van der Waals surface area contributed by atoms with Gasteiger partial charge in [0.25, 0.3) is 5.91 Å². The molecular formula is C25H25NO2. The van der Waals surface area contributed by atoms with Crippen molar-refractivity contribution in [3.63, 3.8) is 0 Å². The van der Waals surface area contributed by atoms with Crippen molar-refractivity contribution in [3.8, 4) is 5.75 Å². The van der Waals surface area contributed by atoms with Crippen LogP contribution in [0.25, 0.3) is 6.08 Å². The molecule has 0 bridgehead atoms. The molecule has 0 heterocycles. The molecule has 3 heteroatoms. The van der Waals surface area contributed by atoms with E-state index in [0.29, 0.717) is 12.1 Å². The lowest BCUT2D eigenvalue weighted by Crippen LogP contribution is -2.31. The van der Waals surface area contributed by atoms with E-state index < -0.39 is 0 Å². The molecule has 3 rings (SSSR count). The summed E-state index contributed by atoms with van der Waals surface area (Å²) in [4.78, 5) is 15.0. The number of ether oxygens (including phenoxy) is 1. The average Bonchev–Trinajstić information content (AvgIpc) is 2.77. The number of aryl methyl sites for hydroxylation is 1. The number of benzene rings is 3. The fraction of sp³-hybridized carbons (Fsp3) is 0.160. The Labute approximate surface area is 166 Å². The highest BCUT2D eigenvalue weighted by atomic mass is 16.5. The van der Waals surface area contributed by atoms with Crippen LogP contribution in [0.3, 0.4) is 0 Å². The number of hydrogen-bond donors (Lipinski definition) is 0. The highest BCUT2D eigenvalue weighted by molar-refractivity contribution is 6.06. The van der Waals surface area contributed by atoms with Gasteiger partial charge in [-0.15, -0.1) is 0 Å². The molecule has 0 radical (unpaired) electrons. The number of nitrogens with zero attached hydrogens (tertiary/aromatic N) is 1. The van der Waals surface area contributed by atoms with Crippen molar-refractivity contribution < 1.29 is 9.53 Å². The smallest absolute Gasteiger partial charge is 0.258 e. The van der Waals surface area contributed by atoms with Gasteiger partial charge >= 0.3 is 0 Å². The van der Waals surface area contributed by atoms with E-state index in [9.17, 15) is 4.79 Å². The van der Waals surface area contributed by atoms with Crippen molar-refractivity contribution in [1.82, 2.24) is 0 Å². The Balaban J connectivity index is 1.85. The van der Waals surface area contributed by atoms with E-state index in [4.69, 9.17) is 4.74 Å². The number of rotatable bonds is 7. The Morgan fingerprint density at radius 3 is 2.21 bits per heavy atom. The standard InChI is InChI=1S/C25H25NO2/c1-3-20-11-15-23(16-12-20)26(19-7-10-21-8-5-4-6-9-21)25(27)22-13-17-24(28-2)18-14-22/h4-18H,3,19H2,1-2H3/b10-7+. The van der Waals surface area contributed by atoms with Gasteiger partial charge in [-0.25, -0.2) is 0 Å². The van der Waals surface area contributed by atoms with Crippen LogP contribution in [0, 0.1) is 0 Å². The molecule has 0 spiro atoms. The molecule has 0 aromatic heterocycles. The van der Waals surface area contributed by atoms with Crippen LogP contribution in [0.2, 0.25) is 0 Å². The summed E-state index contributed by atoms with van der Waals surface area (Å²) in [6.45, 7) is 2.61. The van der Waals surface area contributed by atoms with Crippen molar-refractivity contribution in [3.05, 3.63) is 102 Å². The lowest BCUT2D eigenvalue weighted by molar-refractivity contribution is 0.0989. The fourth-order valence-electron chi connectivity index (χ4n) is 2.96. The van der Waals surface area contributed by atoms with E-state index in [1.165, 1.54) is 5.56 Å². The summed E-state index contributed by atoms with van der Waals surface area (Å²) in [6, 6.07) is 25.5. The average molecular weight is 371 g/mol. The summed E-state index contributed by atoms with van der Waals surface area (Å²) in [5.41, 5.74) is 3.88. The van der Waals surface area contributed by atoms with Gasteiger partial charge in [-0.2, -0.15) is 0 Å². The van der Waals surface area contributed by atoms with Crippen molar-refractivity contribution in [2.75, 3.05) is 18.6 Å². The lowest BCUT2D eigenvalue weighted by atomic mass is 10.1. The van der Waals surface area contributed by atoms with E-state index in [1.807, 2.05) is 66.7 Å². The van der Waals surface area contributed by atoms with E-state index in [-0.39, 0.29) is 5.91 Å². The predicted octanol–water partition coefficient (Wildman–Crippen LogP) is 5.62. The van der Waals surface area contributed by atoms with Gasteiger partial charge in [0, 0.05) is 17.8 Å². The Morgan fingerprint density at radius 2 is 1.61 bits per heavy atom. The highest BCUT2D eigenvalue weighted by Crippen LogP contribution is 2.20. The van der Waals surface area contributed by atoms with Gasteiger partial charge in [0.1, 0.15) is 5.75 Å². The second-order valence-electron chi connectivity index (χ2n) is 6.48. The summed E-state index contributed by atoms with van der Waals surface area (Å²) >= 11 is 0. The normalized spacial score (nSPS) is 10.8. The van der Waals surface area contributed by atoms with Gasteiger partial charge < -0.3 is 9.64 Å². The molecule has 1 amide bonds. The summed E-state index contributed by atoms with van der Waals surface area (Å²) in [6.07, 6.45) is 5.03. The molecule has 3 aromatic carbocycles. The fourth-order valence-corrected chi connectivity index (χ4v) is 2.96. The number of anilines is 1. The van der Waals surface area contributed by atoms with Crippen molar-refractivity contribution in [1.29, 1.82) is 0 Å². The Bertz CT molecular complexity index is 913. The SMILES string of the molecule is CCc1ccc(N(C/C=C/c2ccccc2)C(=O)c2ccc(OC)cc2)cc1. The molecule has 0 N–H and O–H groups in total. The predicted molar refractivity (Wildman–Crippen MR) is 116 cm³/mol. The number of methoxy groups -OCH3 is 1. The molecule has 0 aliphatic rings. The molecule has 0 saturated carbocycles. The summed E-state index contributed by atoms with van der Waals surface area (Å²) in [7, 11) is 1.62. The van der Waals surface area contributed by atoms with E-state index in [0.717, 1.165) is 23.4 Å². The van der Waals surface area contributed by atoms with Crippen LogP contribution >= 0.6 is 0 Å². The zero-order valence-electron chi connectivity index (χ0n) is 16.3. The highest BCUT2D eigenvalue weighted by Gasteiger charge is 2.16. The molecule has 0 aliphatic carbocycles. The summed E-state index contributed by atoms with van der Waals surface area (Å²) in [5, 5.41) is 0. The Hall–Kier alpha value is -3.33. The zero-order chi connectivity index (χ0) is 19.8. The molecule has 0 aliphatic heterocycles. The minimum absolute atomic E-state index is 0.0374.